The summed E-state index contributed by atoms with van der Waals surface area (Å²) in [6.07, 6.45) is 1.63. The molecule has 0 radical (unpaired) electrons. The molecule has 3 heterocycles. The lowest BCUT2D eigenvalue weighted by atomic mass is 10.2. The van der Waals surface area contributed by atoms with Crippen molar-refractivity contribution in [1.29, 1.82) is 0 Å². The number of aryl methyl sites for hydroxylation is 1. The molecule has 9 heteroatoms. The average Bonchev–Trinajstić information content (AvgIpc) is 3.57. The van der Waals surface area contributed by atoms with Gasteiger partial charge in [0.25, 0.3) is 0 Å². The van der Waals surface area contributed by atoms with Crippen LogP contribution in [0.3, 0.4) is 0 Å². The van der Waals surface area contributed by atoms with Gasteiger partial charge in [-0.3, -0.25) is 9.36 Å². The highest BCUT2D eigenvalue weighted by Crippen LogP contribution is 2.33. The number of nitrogens with zero attached hydrogens (tertiary/aromatic N) is 3. The minimum absolute atomic E-state index is 0.0960. The molecule has 0 saturated carbocycles. The van der Waals surface area contributed by atoms with E-state index in [2.05, 4.69) is 15.5 Å². The molecule has 0 aliphatic carbocycles. The van der Waals surface area contributed by atoms with E-state index in [1.807, 2.05) is 73.0 Å². The number of para-hydroxylation sites is 1. The van der Waals surface area contributed by atoms with Crippen LogP contribution in [0, 0.1) is 6.92 Å². The Balaban J connectivity index is 1.33. The van der Waals surface area contributed by atoms with E-state index in [0.29, 0.717) is 23.3 Å². The molecule has 2 aromatic heterocycles. The summed E-state index contributed by atoms with van der Waals surface area (Å²) >= 11 is 1.35. The first kappa shape index (κ1) is 21.1. The Morgan fingerprint density at radius 1 is 1.12 bits per heavy atom. The zero-order chi connectivity index (χ0) is 22.8. The van der Waals surface area contributed by atoms with Crippen LogP contribution in [0.5, 0.6) is 11.5 Å². The van der Waals surface area contributed by atoms with Crippen molar-refractivity contribution in [2.45, 2.75) is 30.8 Å². The molecule has 168 valence electrons. The molecule has 0 saturated heterocycles. The summed E-state index contributed by atoms with van der Waals surface area (Å²) in [4.78, 5) is 12.8. The van der Waals surface area contributed by atoms with Gasteiger partial charge in [-0.25, -0.2) is 0 Å². The number of hydrogen-bond donors (Lipinski definition) is 1. The van der Waals surface area contributed by atoms with Crippen molar-refractivity contribution in [3.05, 3.63) is 72.2 Å². The fraction of sp³-hybridized carbons (Fsp3) is 0.208. The molecule has 0 spiro atoms. The van der Waals surface area contributed by atoms with E-state index >= 15 is 0 Å². The van der Waals surface area contributed by atoms with E-state index in [9.17, 15) is 4.79 Å². The first-order valence-corrected chi connectivity index (χ1v) is 11.4. The Labute approximate surface area is 194 Å². The third-order valence-corrected chi connectivity index (χ3v) is 6.35. The smallest absolute Gasteiger partial charge is 0.233 e. The number of nitrogens with one attached hydrogen (secondary N) is 1. The van der Waals surface area contributed by atoms with Gasteiger partial charge in [0.1, 0.15) is 5.76 Å². The van der Waals surface area contributed by atoms with E-state index < -0.39 is 0 Å². The summed E-state index contributed by atoms with van der Waals surface area (Å²) < 4.78 is 18.2. The summed E-state index contributed by atoms with van der Waals surface area (Å²) in [6, 6.07) is 17.3. The Hall–Kier alpha value is -3.72. The van der Waals surface area contributed by atoms with Crippen LogP contribution in [0.25, 0.3) is 17.1 Å². The van der Waals surface area contributed by atoms with Crippen molar-refractivity contribution >= 4 is 17.7 Å². The van der Waals surface area contributed by atoms with Crippen molar-refractivity contribution in [3.63, 3.8) is 0 Å². The van der Waals surface area contributed by atoms with E-state index in [1.54, 1.807) is 6.26 Å². The number of amides is 1. The third-order valence-electron chi connectivity index (χ3n) is 5.30. The minimum atomic E-state index is -0.385. The first-order chi connectivity index (χ1) is 16.1. The van der Waals surface area contributed by atoms with Gasteiger partial charge in [0.15, 0.2) is 22.5 Å². The molecule has 1 aliphatic rings. The lowest BCUT2D eigenvalue weighted by molar-refractivity contribution is -0.120. The first-order valence-electron chi connectivity index (χ1n) is 10.5. The van der Waals surface area contributed by atoms with Crippen molar-refractivity contribution < 1.29 is 18.7 Å². The summed E-state index contributed by atoms with van der Waals surface area (Å²) in [5.41, 5.74) is 2.71. The Kier molecular flexibility index (Phi) is 5.78. The number of carbonyl (C=O) groups is 1. The molecular weight excluding hydrogens is 440 g/mol. The summed E-state index contributed by atoms with van der Waals surface area (Å²) in [7, 11) is 0. The van der Waals surface area contributed by atoms with Gasteiger partial charge < -0.3 is 19.2 Å². The van der Waals surface area contributed by atoms with Gasteiger partial charge in [-0.1, -0.05) is 36.0 Å². The maximum absolute atomic E-state index is 12.8. The normalized spacial score (nSPS) is 13.2. The molecule has 8 nitrogen and oxygen atoms in total. The number of rotatable bonds is 7. The molecule has 5 rings (SSSR count). The van der Waals surface area contributed by atoms with Crippen LogP contribution >= 0.6 is 11.8 Å². The summed E-state index contributed by atoms with van der Waals surface area (Å²) in [5, 5.41) is 12.0. The van der Waals surface area contributed by atoms with Crippen LogP contribution in [-0.4, -0.2) is 32.7 Å². The number of aromatic nitrogens is 3. The van der Waals surface area contributed by atoms with Gasteiger partial charge in [-0.2, -0.15) is 0 Å². The number of benzene rings is 2. The maximum atomic E-state index is 12.8. The van der Waals surface area contributed by atoms with Crippen LogP contribution in [0.2, 0.25) is 0 Å². The third kappa shape index (κ3) is 4.31. The lowest BCUT2D eigenvalue weighted by Crippen LogP contribution is -2.30. The Morgan fingerprint density at radius 2 is 1.94 bits per heavy atom. The topological polar surface area (TPSA) is 91.4 Å². The van der Waals surface area contributed by atoms with Gasteiger partial charge >= 0.3 is 0 Å². The second-order valence-electron chi connectivity index (χ2n) is 7.53. The predicted octanol–water partition coefficient (Wildman–Crippen LogP) is 4.36. The lowest BCUT2D eigenvalue weighted by Gasteiger charge is -2.14. The highest BCUT2D eigenvalue weighted by atomic mass is 32.2. The Bertz CT molecular complexity index is 1280. The van der Waals surface area contributed by atoms with Gasteiger partial charge in [0.2, 0.25) is 12.7 Å². The molecule has 1 atom stereocenters. The monoisotopic (exact) mass is 462 g/mol. The molecule has 1 N–H and O–H groups in total. The molecule has 2 aromatic carbocycles. The molecule has 0 unspecified atom stereocenters. The van der Waals surface area contributed by atoms with Crippen LogP contribution in [0.15, 0.2) is 70.4 Å². The molecule has 1 amide bonds. The van der Waals surface area contributed by atoms with E-state index in [-0.39, 0.29) is 18.0 Å². The average molecular weight is 463 g/mol. The van der Waals surface area contributed by atoms with E-state index in [1.165, 1.54) is 11.8 Å². The standard InChI is InChI=1S/C24H22N4O4S/c1-15-19(10-11-30-15)22-26-27-24(28(22)18-6-4-3-5-7-18)33-16(2)23(29)25-13-17-8-9-20-21(12-17)32-14-31-20/h3-12,16H,13-14H2,1-2H3,(H,25,29)/t16-/m0/s1. The molecule has 4 aromatic rings. The largest absolute Gasteiger partial charge is 0.469 e. The summed E-state index contributed by atoms with van der Waals surface area (Å²) in [6.45, 7) is 4.36. The molecular formula is C24H22N4O4S. The van der Waals surface area contributed by atoms with E-state index in [0.717, 1.165) is 28.3 Å². The highest BCUT2D eigenvalue weighted by molar-refractivity contribution is 8.00. The number of fused-ring (bicyclic) bond motifs is 1. The van der Waals surface area contributed by atoms with Crippen molar-refractivity contribution in [2.24, 2.45) is 0 Å². The number of carbonyl (C=O) groups excluding carboxylic acids is 1. The van der Waals surface area contributed by atoms with Crippen LogP contribution in [0.1, 0.15) is 18.2 Å². The van der Waals surface area contributed by atoms with Crippen LogP contribution in [0.4, 0.5) is 0 Å². The van der Waals surface area contributed by atoms with Crippen LogP contribution < -0.4 is 14.8 Å². The van der Waals surface area contributed by atoms with Crippen molar-refractivity contribution in [2.75, 3.05) is 6.79 Å². The highest BCUT2D eigenvalue weighted by Gasteiger charge is 2.23. The van der Waals surface area contributed by atoms with Gasteiger partial charge in [-0.05, 0) is 49.7 Å². The van der Waals surface area contributed by atoms with Crippen LogP contribution in [-0.2, 0) is 11.3 Å². The zero-order valence-electron chi connectivity index (χ0n) is 18.1. The number of ether oxygens (including phenoxy) is 2. The minimum Gasteiger partial charge on any atom is -0.469 e. The SMILES string of the molecule is Cc1occc1-c1nnc(S[C@@H](C)C(=O)NCc2ccc3c(c2)OCO3)n1-c1ccccc1. The Morgan fingerprint density at radius 3 is 2.73 bits per heavy atom. The van der Waals surface area contributed by atoms with E-state index in [4.69, 9.17) is 13.9 Å². The van der Waals surface area contributed by atoms with Crippen molar-refractivity contribution in [1.82, 2.24) is 20.1 Å². The second-order valence-corrected chi connectivity index (χ2v) is 8.84. The number of thioether (sulfide) groups is 1. The summed E-state index contributed by atoms with van der Waals surface area (Å²) in [5.74, 6) is 2.75. The van der Waals surface area contributed by atoms with Gasteiger partial charge in [0, 0.05) is 12.2 Å². The number of hydrogen-bond acceptors (Lipinski definition) is 7. The molecule has 0 bridgehead atoms. The zero-order valence-corrected chi connectivity index (χ0v) is 19.0. The quantitative estimate of drug-likeness (QED) is 0.408. The molecule has 0 fully saturated rings. The molecule has 1 aliphatic heterocycles. The second kappa shape index (κ2) is 9.03. The van der Waals surface area contributed by atoms with Gasteiger partial charge in [-0.15, -0.1) is 10.2 Å². The fourth-order valence-electron chi connectivity index (χ4n) is 3.54. The number of furan rings is 1. The molecule has 33 heavy (non-hydrogen) atoms. The fourth-order valence-corrected chi connectivity index (χ4v) is 4.43. The van der Waals surface area contributed by atoms with Crippen molar-refractivity contribution in [3.8, 4) is 28.6 Å². The van der Waals surface area contributed by atoms with Gasteiger partial charge in [0.05, 0.1) is 17.1 Å². The maximum Gasteiger partial charge on any atom is 0.233 e. The predicted molar refractivity (Wildman–Crippen MR) is 124 cm³/mol.